The van der Waals surface area contributed by atoms with E-state index in [2.05, 4.69) is 18.1 Å². The summed E-state index contributed by atoms with van der Waals surface area (Å²) in [6, 6.07) is 7.63. The summed E-state index contributed by atoms with van der Waals surface area (Å²) in [6.07, 6.45) is 13.6. The first-order valence-electron chi connectivity index (χ1n) is 7.92. The van der Waals surface area contributed by atoms with Gasteiger partial charge in [-0.1, -0.05) is 18.1 Å². The zero-order chi connectivity index (χ0) is 15.0. The molecule has 1 atom stereocenters. The molecule has 1 unspecified atom stereocenters. The number of fused-ring (bicyclic) bond motifs is 3. The Morgan fingerprint density at radius 1 is 1.05 bits per heavy atom. The summed E-state index contributed by atoms with van der Waals surface area (Å²) in [5.74, 6) is 2.06. The van der Waals surface area contributed by atoms with E-state index < -0.39 is 5.97 Å². The lowest BCUT2D eigenvalue weighted by molar-refractivity contribution is -0.484. The van der Waals surface area contributed by atoms with E-state index in [1.807, 2.05) is 24.3 Å². The first-order chi connectivity index (χ1) is 10.8. The molecule has 3 heteroatoms. The maximum atomic E-state index is 6.05. The second-order valence-electron chi connectivity index (χ2n) is 6.47. The number of ether oxygens (including phenoxy) is 3. The summed E-state index contributed by atoms with van der Waals surface area (Å²) in [5, 5.41) is 0. The Bertz CT molecular complexity index is 599. The van der Waals surface area contributed by atoms with Gasteiger partial charge in [0, 0.05) is 16.5 Å². The van der Waals surface area contributed by atoms with Crippen molar-refractivity contribution in [2.45, 2.75) is 25.2 Å². The summed E-state index contributed by atoms with van der Waals surface area (Å²) >= 11 is 0. The van der Waals surface area contributed by atoms with E-state index in [1.165, 1.54) is 19.3 Å². The van der Waals surface area contributed by atoms with Gasteiger partial charge >= 0.3 is 5.97 Å². The highest BCUT2D eigenvalue weighted by atomic mass is 16.9. The largest absolute Gasteiger partial charge is 0.323 e. The molecule has 22 heavy (non-hydrogen) atoms. The van der Waals surface area contributed by atoms with E-state index in [0.29, 0.717) is 25.7 Å². The molecule has 2 bridgehead atoms. The number of terminal acetylenes is 1. The fraction of sp³-hybridized carbons (Fsp3) is 0.474. The van der Waals surface area contributed by atoms with Crippen LogP contribution in [0.1, 0.15) is 30.4 Å². The summed E-state index contributed by atoms with van der Waals surface area (Å²) in [6.45, 7) is 2.04. The smallest absolute Gasteiger partial charge is 0.312 e. The van der Waals surface area contributed by atoms with Gasteiger partial charge in [-0.15, -0.1) is 6.42 Å². The van der Waals surface area contributed by atoms with Gasteiger partial charge in [-0.05, 0) is 49.4 Å². The molecule has 0 saturated carbocycles. The van der Waals surface area contributed by atoms with Crippen LogP contribution in [0, 0.1) is 23.7 Å². The minimum Gasteiger partial charge on any atom is -0.323 e. The lowest BCUT2D eigenvalue weighted by Gasteiger charge is -2.54. The van der Waals surface area contributed by atoms with Crippen molar-refractivity contribution in [1.82, 2.24) is 0 Å². The molecule has 3 aliphatic heterocycles. The van der Waals surface area contributed by atoms with Crippen LogP contribution >= 0.6 is 0 Å². The Balaban J connectivity index is 1.55. The van der Waals surface area contributed by atoms with E-state index in [0.717, 1.165) is 11.1 Å². The molecular formula is C19H20O3. The first-order valence-corrected chi connectivity index (χ1v) is 7.92. The molecule has 3 saturated heterocycles. The van der Waals surface area contributed by atoms with Gasteiger partial charge in [0.2, 0.25) is 0 Å². The summed E-state index contributed by atoms with van der Waals surface area (Å²) < 4.78 is 18.2. The van der Waals surface area contributed by atoms with E-state index in [9.17, 15) is 0 Å². The van der Waals surface area contributed by atoms with Gasteiger partial charge in [-0.3, -0.25) is 0 Å². The summed E-state index contributed by atoms with van der Waals surface area (Å²) in [4.78, 5) is 0. The molecular weight excluding hydrogens is 276 g/mol. The molecule has 0 spiro atoms. The van der Waals surface area contributed by atoms with E-state index in [4.69, 9.17) is 20.6 Å². The molecule has 1 aromatic carbocycles. The topological polar surface area (TPSA) is 27.7 Å². The van der Waals surface area contributed by atoms with Crippen molar-refractivity contribution in [2.24, 2.45) is 11.3 Å². The van der Waals surface area contributed by atoms with Gasteiger partial charge in [-0.2, -0.15) is 0 Å². The highest BCUT2D eigenvalue weighted by molar-refractivity contribution is 5.35. The van der Waals surface area contributed by atoms with Gasteiger partial charge in [0.25, 0.3) is 0 Å². The zero-order valence-electron chi connectivity index (χ0n) is 12.6. The van der Waals surface area contributed by atoms with Crippen LogP contribution in [-0.2, 0) is 20.2 Å². The lowest BCUT2D eigenvalue weighted by atomic mass is 9.71. The van der Waals surface area contributed by atoms with Crippen molar-refractivity contribution in [3.63, 3.8) is 0 Å². The second-order valence-corrected chi connectivity index (χ2v) is 6.47. The lowest BCUT2D eigenvalue weighted by Crippen LogP contribution is -2.60. The number of benzene rings is 1. The maximum Gasteiger partial charge on any atom is 0.312 e. The Kier molecular flexibility index (Phi) is 3.34. The molecule has 114 valence electrons. The monoisotopic (exact) mass is 296 g/mol. The fourth-order valence-corrected chi connectivity index (χ4v) is 3.63. The van der Waals surface area contributed by atoms with Crippen molar-refractivity contribution >= 4 is 0 Å². The van der Waals surface area contributed by atoms with Crippen LogP contribution in [0.15, 0.2) is 36.4 Å². The van der Waals surface area contributed by atoms with Gasteiger partial charge < -0.3 is 14.2 Å². The number of rotatable bonds is 2. The van der Waals surface area contributed by atoms with Gasteiger partial charge in [0.15, 0.2) is 0 Å². The minimum atomic E-state index is -1.05. The molecule has 5 rings (SSSR count). The SMILES string of the molecule is C#Cc1ccc(C23OCC(C4C=CCCC4)(CO2)CO3)cc1. The Labute approximate surface area is 131 Å². The van der Waals surface area contributed by atoms with Crippen molar-refractivity contribution in [2.75, 3.05) is 19.8 Å². The van der Waals surface area contributed by atoms with Gasteiger partial charge in [-0.25, -0.2) is 0 Å². The molecule has 0 aromatic heterocycles. The molecule has 3 heterocycles. The molecule has 3 nitrogen and oxygen atoms in total. The predicted octanol–water partition coefficient (Wildman–Crippen LogP) is 3.20. The highest BCUT2D eigenvalue weighted by Gasteiger charge is 2.56. The van der Waals surface area contributed by atoms with Crippen LogP contribution < -0.4 is 0 Å². The third-order valence-corrected chi connectivity index (χ3v) is 5.09. The average Bonchev–Trinajstić information content (AvgIpc) is 2.64. The van der Waals surface area contributed by atoms with Crippen LogP contribution in [-0.4, -0.2) is 19.8 Å². The minimum absolute atomic E-state index is 0.0303. The van der Waals surface area contributed by atoms with Crippen molar-refractivity contribution < 1.29 is 14.2 Å². The molecule has 3 fully saturated rings. The van der Waals surface area contributed by atoms with Crippen LogP contribution in [0.5, 0.6) is 0 Å². The summed E-state index contributed by atoms with van der Waals surface area (Å²) in [7, 11) is 0. The number of hydrogen-bond acceptors (Lipinski definition) is 3. The quantitative estimate of drug-likeness (QED) is 0.619. The molecule has 0 N–H and O–H groups in total. The zero-order valence-corrected chi connectivity index (χ0v) is 12.6. The molecule has 4 aliphatic rings. The Hall–Kier alpha value is -1.60. The van der Waals surface area contributed by atoms with E-state index in [1.54, 1.807) is 0 Å². The Morgan fingerprint density at radius 2 is 1.73 bits per heavy atom. The van der Waals surface area contributed by atoms with E-state index in [-0.39, 0.29) is 5.41 Å². The van der Waals surface area contributed by atoms with Crippen LogP contribution in [0.4, 0.5) is 0 Å². The third kappa shape index (κ3) is 2.11. The van der Waals surface area contributed by atoms with Gasteiger partial charge in [0.05, 0.1) is 19.8 Å². The third-order valence-electron chi connectivity index (χ3n) is 5.09. The molecule has 1 aromatic rings. The summed E-state index contributed by atoms with van der Waals surface area (Å²) in [5.41, 5.74) is 1.68. The fourth-order valence-electron chi connectivity index (χ4n) is 3.63. The maximum absolute atomic E-state index is 6.05. The van der Waals surface area contributed by atoms with Crippen LogP contribution in [0.3, 0.4) is 0 Å². The van der Waals surface area contributed by atoms with Crippen LogP contribution in [0.2, 0.25) is 0 Å². The second kappa shape index (κ2) is 5.24. The number of allylic oxidation sites excluding steroid dienone is 2. The van der Waals surface area contributed by atoms with Crippen molar-refractivity contribution in [1.29, 1.82) is 0 Å². The van der Waals surface area contributed by atoms with Crippen molar-refractivity contribution in [3.05, 3.63) is 47.5 Å². The average molecular weight is 296 g/mol. The Morgan fingerprint density at radius 3 is 2.27 bits per heavy atom. The first kappa shape index (κ1) is 14.0. The van der Waals surface area contributed by atoms with E-state index >= 15 is 0 Å². The predicted molar refractivity (Wildman–Crippen MR) is 82.8 cm³/mol. The number of hydrogen-bond donors (Lipinski definition) is 0. The highest BCUT2D eigenvalue weighted by Crippen LogP contribution is 2.49. The molecule has 0 amide bonds. The van der Waals surface area contributed by atoms with Gasteiger partial charge in [0.1, 0.15) is 0 Å². The van der Waals surface area contributed by atoms with Crippen LogP contribution in [0.25, 0.3) is 0 Å². The van der Waals surface area contributed by atoms with Crippen molar-refractivity contribution in [3.8, 4) is 12.3 Å². The standard InChI is InChI=1S/C19H20O3/c1-2-15-8-10-17(11-9-15)19-20-12-18(13-21-19,14-22-19)16-6-4-3-5-7-16/h1,4,6,8-11,16H,3,5,7,12-14H2. The normalized spacial score (nSPS) is 37.0. The molecule has 1 aliphatic carbocycles. The molecule has 0 radical (unpaired) electrons.